The molecule has 42 heavy (non-hydrogen) atoms. The van der Waals surface area contributed by atoms with Crippen molar-refractivity contribution < 1.29 is 27.4 Å². The van der Waals surface area contributed by atoms with Crippen molar-refractivity contribution in [3.63, 3.8) is 0 Å². The van der Waals surface area contributed by atoms with Crippen molar-refractivity contribution in [1.29, 1.82) is 0 Å². The molecule has 0 spiro atoms. The van der Waals surface area contributed by atoms with Crippen LogP contribution in [0, 0.1) is 6.92 Å². The monoisotopic (exact) mass is 587 g/mol. The van der Waals surface area contributed by atoms with Gasteiger partial charge in [0.15, 0.2) is 6.23 Å². The zero-order valence-corrected chi connectivity index (χ0v) is 24.7. The molecule has 1 fully saturated rings. The van der Waals surface area contributed by atoms with Crippen LogP contribution in [0.15, 0.2) is 120 Å². The first-order valence-corrected chi connectivity index (χ1v) is 15.5. The van der Waals surface area contributed by atoms with Gasteiger partial charge in [-0.3, -0.25) is 0 Å². The molecule has 1 aliphatic heterocycles. The third-order valence-electron chi connectivity index (χ3n) is 7.31. The smallest absolute Gasteiger partial charge is 0.245 e. The summed E-state index contributed by atoms with van der Waals surface area (Å²) in [4.78, 5) is 0.187. The molecule has 7 nitrogen and oxygen atoms in total. The zero-order valence-electron chi connectivity index (χ0n) is 23.9. The highest BCUT2D eigenvalue weighted by Gasteiger charge is 2.50. The quantitative estimate of drug-likeness (QED) is 0.199. The topological polar surface area (TPSA) is 74.3 Å². The molecule has 1 aliphatic rings. The van der Waals surface area contributed by atoms with Crippen LogP contribution in [-0.2, 0) is 48.8 Å². The minimum Gasteiger partial charge on any atom is -0.374 e. The Bertz CT molecular complexity index is 1480. The first kappa shape index (κ1) is 30.1. The van der Waals surface area contributed by atoms with Gasteiger partial charge in [0.25, 0.3) is 0 Å². The minimum atomic E-state index is -3.90. The van der Waals surface area contributed by atoms with E-state index in [-0.39, 0.29) is 18.1 Å². The Kier molecular flexibility index (Phi) is 10.2. The molecule has 0 saturated carbocycles. The predicted molar refractivity (Wildman–Crippen MR) is 161 cm³/mol. The average molecular weight is 588 g/mol. The molecule has 220 valence electrons. The predicted octanol–water partition coefficient (Wildman–Crippen LogP) is 5.73. The lowest BCUT2D eigenvalue weighted by Crippen LogP contribution is -2.47. The van der Waals surface area contributed by atoms with E-state index < -0.39 is 34.6 Å². The number of hydrogen-bond acceptors (Lipinski definition) is 6. The van der Waals surface area contributed by atoms with Crippen LogP contribution in [0.3, 0.4) is 0 Å². The number of nitrogens with zero attached hydrogens (tertiary/aromatic N) is 1. The zero-order chi connectivity index (χ0) is 29.4. The maximum Gasteiger partial charge on any atom is 0.245 e. The van der Waals surface area contributed by atoms with Gasteiger partial charge >= 0.3 is 0 Å². The van der Waals surface area contributed by atoms with Gasteiger partial charge in [0.2, 0.25) is 10.0 Å². The second-order valence-electron chi connectivity index (χ2n) is 10.4. The van der Waals surface area contributed by atoms with Crippen molar-refractivity contribution >= 4 is 10.0 Å². The van der Waals surface area contributed by atoms with Gasteiger partial charge in [0, 0.05) is 7.05 Å². The van der Waals surface area contributed by atoms with E-state index in [1.165, 1.54) is 11.4 Å². The molecule has 0 aliphatic carbocycles. The number of aryl methyl sites for hydroxylation is 1. The lowest BCUT2D eigenvalue weighted by atomic mass is 10.1. The highest BCUT2D eigenvalue weighted by molar-refractivity contribution is 7.89. The second-order valence-corrected chi connectivity index (χ2v) is 12.4. The van der Waals surface area contributed by atoms with E-state index in [1.54, 1.807) is 24.3 Å². The van der Waals surface area contributed by atoms with E-state index in [2.05, 4.69) is 0 Å². The summed E-state index contributed by atoms with van der Waals surface area (Å²) in [5.41, 5.74) is 3.96. The molecule has 5 rings (SSSR count). The van der Waals surface area contributed by atoms with Crippen LogP contribution in [0.5, 0.6) is 0 Å². The lowest BCUT2D eigenvalue weighted by Gasteiger charge is -2.29. The Labute approximate surface area is 248 Å². The van der Waals surface area contributed by atoms with Crippen molar-refractivity contribution in [2.75, 3.05) is 13.7 Å². The summed E-state index contributed by atoms with van der Waals surface area (Å²) in [6, 6.07) is 36.3. The van der Waals surface area contributed by atoms with E-state index in [9.17, 15) is 8.42 Å². The van der Waals surface area contributed by atoms with E-state index >= 15 is 0 Å². The van der Waals surface area contributed by atoms with Gasteiger partial charge in [-0.2, -0.15) is 4.31 Å². The largest absolute Gasteiger partial charge is 0.374 e. The Morgan fingerprint density at radius 2 is 1.14 bits per heavy atom. The van der Waals surface area contributed by atoms with Gasteiger partial charge in [-0.1, -0.05) is 109 Å². The van der Waals surface area contributed by atoms with Gasteiger partial charge in [-0.15, -0.1) is 0 Å². The average Bonchev–Trinajstić information content (AvgIpc) is 3.37. The molecule has 0 amide bonds. The molecule has 4 aromatic carbocycles. The molecular formula is C34H37NO6S. The third-order valence-corrected chi connectivity index (χ3v) is 9.14. The molecule has 4 atom stereocenters. The first-order valence-electron chi connectivity index (χ1n) is 14.0. The molecule has 1 heterocycles. The van der Waals surface area contributed by atoms with Gasteiger partial charge in [-0.25, -0.2) is 8.42 Å². The highest BCUT2D eigenvalue weighted by atomic mass is 32.2. The number of sulfonamides is 1. The van der Waals surface area contributed by atoms with Crippen LogP contribution in [0.1, 0.15) is 22.3 Å². The van der Waals surface area contributed by atoms with Gasteiger partial charge in [0.05, 0.1) is 31.3 Å². The summed E-state index contributed by atoms with van der Waals surface area (Å²) >= 11 is 0. The van der Waals surface area contributed by atoms with Crippen molar-refractivity contribution in [3.8, 4) is 0 Å². The fourth-order valence-electron chi connectivity index (χ4n) is 4.93. The first-order chi connectivity index (χ1) is 20.4. The molecule has 0 bridgehead atoms. The maximum atomic E-state index is 13.8. The van der Waals surface area contributed by atoms with E-state index in [1.807, 2.05) is 97.9 Å². The summed E-state index contributed by atoms with van der Waals surface area (Å²) < 4.78 is 54.2. The maximum absolute atomic E-state index is 13.8. The Balaban J connectivity index is 1.42. The number of likely N-dealkylation sites (N-methyl/N-ethyl adjacent to an activating group) is 1. The lowest BCUT2D eigenvalue weighted by molar-refractivity contribution is -0.0931. The fraction of sp³-hybridized carbons (Fsp3) is 0.294. The summed E-state index contributed by atoms with van der Waals surface area (Å²) in [6.45, 7) is 3.10. The number of hydrogen-bond donors (Lipinski definition) is 0. The second kappa shape index (κ2) is 14.2. The van der Waals surface area contributed by atoms with Gasteiger partial charge < -0.3 is 18.9 Å². The Morgan fingerprint density at radius 3 is 1.67 bits per heavy atom. The summed E-state index contributed by atoms with van der Waals surface area (Å²) in [7, 11) is -2.37. The van der Waals surface area contributed by atoms with Crippen molar-refractivity contribution in [1.82, 2.24) is 4.31 Å². The van der Waals surface area contributed by atoms with Crippen LogP contribution in [0.2, 0.25) is 0 Å². The molecule has 0 unspecified atom stereocenters. The molecule has 4 aromatic rings. The summed E-state index contributed by atoms with van der Waals surface area (Å²) in [5, 5.41) is 0. The van der Waals surface area contributed by atoms with Gasteiger partial charge in [0.1, 0.15) is 18.3 Å². The van der Waals surface area contributed by atoms with E-state index in [0.717, 1.165) is 22.3 Å². The van der Waals surface area contributed by atoms with E-state index in [4.69, 9.17) is 18.9 Å². The van der Waals surface area contributed by atoms with Crippen LogP contribution in [-0.4, -0.2) is 50.9 Å². The molecule has 0 aromatic heterocycles. The molecular weight excluding hydrogens is 550 g/mol. The molecule has 0 N–H and O–H groups in total. The summed E-state index contributed by atoms with van der Waals surface area (Å²) in [6.07, 6.45) is -2.82. The SMILES string of the molecule is Cc1ccc(S(=O)(=O)N(C)[C@H]2O[C@H](COCc3ccccc3)[C@@H](OCc3ccccc3)[C@H]2OCc2ccccc2)cc1. The highest BCUT2D eigenvalue weighted by Crippen LogP contribution is 2.33. The van der Waals surface area contributed by atoms with Crippen molar-refractivity contribution in [3.05, 3.63) is 138 Å². The minimum absolute atomic E-state index is 0.187. The van der Waals surface area contributed by atoms with Crippen LogP contribution < -0.4 is 0 Å². The standard InChI is InChI=1S/C34H37NO6S/c1-26-18-20-30(21-19-26)42(36,37)35(2)34-33(40-24-29-16-10-5-11-17-29)32(39-23-28-14-8-4-9-15-28)31(41-34)25-38-22-27-12-6-3-7-13-27/h3-21,31-34H,22-25H2,1-2H3/t31-,32-,33-,34+/m1/s1. The number of rotatable bonds is 13. The molecule has 8 heteroatoms. The summed E-state index contributed by atoms with van der Waals surface area (Å²) in [5.74, 6) is 0. The Morgan fingerprint density at radius 1 is 0.667 bits per heavy atom. The van der Waals surface area contributed by atoms with E-state index in [0.29, 0.717) is 13.2 Å². The number of benzene rings is 4. The molecule has 1 saturated heterocycles. The van der Waals surface area contributed by atoms with Crippen LogP contribution in [0.25, 0.3) is 0 Å². The van der Waals surface area contributed by atoms with Crippen LogP contribution >= 0.6 is 0 Å². The van der Waals surface area contributed by atoms with Crippen molar-refractivity contribution in [2.24, 2.45) is 0 Å². The van der Waals surface area contributed by atoms with Crippen LogP contribution in [0.4, 0.5) is 0 Å². The number of ether oxygens (including phenoxy) is 4. The normalized spacial score (nSPS) is 20.6. The third kappa shape index (κ3) is 7.52. The fourth-order valence-corrected chi connectivity index (χ4v) is 6.18. The van der Waals surface area contributed by atoms with Crippen molar-refractivity contribution in [2.45, 2.75) is 56.2 Å². The van der Waals surface area contributed by atoms with Gasteiger partial charge in [-0.05, 0) is 35.7 Å². The molecule has 0 radical (unpaired) electrons. The Hall–Kier alpha value is -3.37.